The summed E-state index contributed by atoms with van der Waals surface area (Å²) in [7, 11) is 0. The molecule has 1 N–H and O–H groups in total. The van der Waals surface area contributed by atoms with Crippen LogP contribution in [0.2, 0.25) is 0 Å². The number of anilines is 1. The standard InChI is InChI=1S/C13H12N2O5S/c16-9(10-2-1-7-21-10)3-4-13(18)19-8-12(17)14-11-5-6-20-15-11/h1-2,5-7H,3-4,8H2,(H,14,15,17). The van der Waals surface area contributed by atoms with Crippen molar-refractivity contribution in [2.45, 2.75) is 12.8 Å². The van der Waals surface area contributed by atoms with Gasteiger partial charge in [0.25, 0.3) is 5.91 Å². The minimum atomic E-state index is -0.602. The summed E-state index contributed by atoms with van der Waals surface area (Å²) in [6.45, 7) is -0.432. The molecule has 1 amide bonds. The summed E-state index contributed by atoms with van der Waals surface area (Å²) in [5.74, 6) is -1.00. The number of hydrogen-bond donors (Lipinski definition) is 1. The third kappa shape index (κ3) is 4.84. The zero-order valence-corrected chi connectivity index (χ0v) is 11.7. The zero-order chi connectivity index (χ0) is 15.1. The number of ether oxygens (including phenoxy) is 1. The summed E-state index contributed by atoms with van der Waals surface area (Å²) in [6, 6.07) is 4.92. The Morgan fingerprint density at radius 1 is 1.29 bits per heavy atom. The van der Waals surface area contributed by atoms with Crippen molar-refractivity contribution in [2.24, 2.45) is 0 Å². The topological polar surface area (TPSA) is 98.5 Å². The van der Waals surface area contributed by atoms with Gasteiger partial charge in [0.15, 0.2) is 18.2 Å². The minimum absolute atomic E-state index is 0.0598. The first-order chi connectivity index (χ1) is 10.1. The summed E-state index contributed by atoms with van der Waals surface area (Å²) >= 11 is 1.32. The first-order valence-corrected chi connectivity index (χ1v) is 6.95. The van der Waals surface area contributed by atoms with E-state index in [0.717, 1.165) is 0 Å². The number of ketones is 1. The van der Waals surface area contributed by atoms with Crippen LogP contribution in [0.15, 0.2) is 34.4 Å². The van der Waals surface area contributed by atoms with E-state index >= 15 is 0 Å². The molecule has 0 spiro atoms. The van der Waals surface area contributed by atoms with E-state index in [4.69, 9.17) is 4.74 Å². The van der Waals surface area contributed by atoms with Crippen LogP contribution >= 0.6 is 11.3 Å². The van der Waals surface area contributed by atoms with Crippen molar-refractivity contribution in [1.29, 1.82) is 0 Å². The number of Topliss-reactive ketones (excluding diaryl/α,β-unsaturated/α-hetero) is 1. The van der Waals surface area contributed by atoms with E-state index in [9.17, 15) is 14.4 Å². The van der Waals surface area contributed by atoms with E-state index in [2.05, 4.69) is 15.0 Å². The second-order valence-corrected chi connectivity index (χ2v) is 4.94. The van der Waals surface area contributed by atoms with Crippen molar-refractivity contribution in [1.82, 2.24) is 5.16 Å². The Morgan fingerprint density at radius 3 is 2.81 bits per heavy atom. The van der Waals surface area contributed by atoms with Crippen molar-refractivity contribution in [3.63, 3.8) is 0 Å². The largest absolute Gasteiger partial charge is 0.456 e. The molecular formula is C13H12N2O5S. The second-order valence-electron chi connectivity index (χ2n) is 3.99. The first-order valence-electron chi connectivity index (χ1n) is 6.07. The molecule has 0 saturated carbocycles. The Balaban J connectivity index is 1.65. The molecule has 0 aromatic carbocycles. The van der Waals surface area contributed by atoms with Crippen LogP contribution in [0.5, 0.6) is 0 Å². The van der Waals surface area contributed by atoms with Gasteiger partial charge in [-0.3, -0.25) is 14.4 Å². The number of carbonyl (C=O) groups excluding carboxylic acids is 3. The Kier molecular flexibility index (Phi) is 5.22. The normalized spacial score (nSPS) is 10.1. The van der Waals surface area contributed by atoms with Gasteiger partial charge in [0.2, 0.25) is 0 Å². The lowest BCUT2D eigenvalue weighted by molar-refractivity contribution is -0.147. The Hall–Kier alpha value is -2.48. The molecule has 0 unspecified atom stereocenters. The maximum Gasteiger partial charge on any atom is 0.306 e. The molecule has 110 valence electrons. The van der Waals surface area contributed by atoms with Crippen molar-refractivity contribution < 1.29 is 23.6 Å². The molecule has 0 fully saturated rings. The fraction of sp³-hybridized carbons (Fsp3) is 0.231. The molecule has 8 heteroatoms. The molecule has 2 heterocycles. The number of carbonyl (C=O) groups is 3. The van der Waals surface area contributed by atoms with Gasteiger partial charge in [0, 0.05) is 12.5 Å². The zero-order valence-electron chi connectivity index (χ0n) is 10.9. The number of rotatable bonds is 7. The predicted octanol–water partition coefficient (Wildman–Crippen LogP) is 1.88. The number of nitrogens with zero attached hydrogens (tertiary/aromatic N) is 1. The lowest BCUT2D eigenvalue weighted by Crippen LogP contribution is -2.21. The molecule has 0 radical (unpaired) electrons. The minimum Gasteiger partial charge on any atom is -0.456 e. The fourth-order valence-electron chi connectivity index (χ4n) is 1.45. The van der Waals surface area contributed by atoms with Crippen LogP contribution in [0.1, 0.15) is 22.5 Å². The van der Waals surface area contributed by atoms with E-state index in [0.29, 0.717) is 4.88 Å². The summed E-state index contributed by atoms with van der Waals surface area (Å²) in [6.07, 6.45) is 1.30. The lowest BCUT2D eigenvalue weighted by Gasteiger charge is -2.04. The van der Waals surface area contributed by atoms with Crippen LogP contribution in [0.3, 0.4) is 0 Å². The van der Waals surface area contributed by atoms with Crippen LogP contribution in [-0.4, -0.2) is 29.4 Å². The number of hydrogen-bond acceptors (Lipinski definition) is 7. The van der Waals surface area contributed by atoms with Crippen molar-refractivity contribution in [2.75, 3.05) is 11.9 Å². The summed E-state index contributed by atoms with van der Waals surface area (Å²) < 4.78 is 9.29. The average molecular weight is 308 g/mol. The Bertz CT molecular complexity index is 607. The van der Waals surface area contributed by atoms with Crippen molar-refractivity contribution >= 4 is 34.8 Å². The van der Waals surface area contributed by atoms with Crippen LogP contribution in [0.4, 0.5) is 5.82 Å². The van der Waals surface area contributed by atoms with Crippen LogP contribution < -0.4 is 5.32 Å². The number of esters is 1. The molecular weight excluding hydrogens is 296 g/mol. The molecule has 2 aromatic heterocycles. The highest BCUT2D eigenvalue weighted by Crippen LogP contribution is 2.12. The third-order valence-corrected chi connectivity index (χ3v) is 3.33. The van der Waals surface area contributed by atoms with Crippen molar-refractivity contribution in [3.05, 3.63) is 34.7 Å². The van der Waals surface area contributed by atoms with E-state index in [-0.39, 0.29) is 24.4 Å². The highest BCUT2D eigenvalue weighted by atomic mass is 32.1. The molecule has 7 nitrogen and oxygen atoms in total. The highest BCUT2D eigenvalue weighted by Gasteiger charge is 2.12. The number of aromatic nitrogens is 1. The molecule has 0 bridgehead atoms. The van der Waals surface area contributed by atoms with Gasteiger partial charge in [-0.15, -0.1) is 11.3 Å². The summed E-state index contributed by atoms with van der Waals surface area (Å²) in [4.78, 5) is 35.1. The Labute approximate surface area is 123 Å². The van der Waals surface area contributed by atoms with Gasteiger partial charge in [-0.2, -0.15) is 0 Å². The fourth-order valence-corrected chi connectivity index (χ4v) is 2.14. The van der Waals surface area contributed by atoms with E-state index in [1.165, 1.54) is 23.7 Å². The second kappa shape index (κ2) is 7.34. The maximum absolute atomic E-state index is 11.7. The summed E-state index contributed by atoms with van der Waals surface area (Å²) in [5.41, 5.74) is 0. The molecule has 0 atom stereocenters. The van der Waals surface area contributed by atoms with Gasteiger partial charge in [-0.25, -0.2) is 0 Å². The SMILES string of the molecule is O=C(COC(=O)CCC(=O)c1cccs1)Nc1ccon1. The number of nitrogens with one attached hydrogen (secondary N) is 1. The average Bonchev–Trinajstić information content (AvgIpc) is 3.15. The molecule has 0 saturated heterocycles. The van der Waals surface area contributed by atoms with E-state index < -0.39 is 18.5 Å². The maximum atomic E-state index is 11.7. The van der Waals surface area contributed by atoms with Gasteiger partial charge in [0.1, 0.15) is 6.26 Å². The molecule has 2 rings (SSSR count). The van der Waals surface area contributed by atoms with Gasteiger partial charge in [-0.1, -0.05) is 11.2 Å². The molecule has 0 aliphatic rings. The van der Waals surface area contributed by atoms with E-state index in [1.54, 1.807) is 17.5 Å². The van der Waals surface area contributed by atoms with Gasteiger partial charge in [-0.05, 0) is 11.4 Å². The van der Waals surface area contributed by atoms with Crippen molar-refractivity contribution in [3.8, 4) is 0 Å². The predicted molar refractivity (Wildman–Crippen MR) is 74.0 cm³/mol. The van der Waals surface area contributed by atoms with Gasteiger partial charge >= 0.3 is 5.97 Å². The Morgan fingerprint density at radius 2 is 2.14 bits per heavy atom. The van der Waals surface area contributed by atoms with Crippen LogP contribution in [0, 0.1) is 0 Å². The molecule has 2 aromatic rings. The van der Waals surface area contributed by atoms with Gasteiger partial charge < -0.3 is 14.6 Å². The molecule has 21 heavy (non-hydrogen) atoms. The molecule has 0 aliphatic heterocycles. The molecule has 0 aliphatic carbocycles. The lowest BCUT2D eigenvalue weighted by atomic mass is 10.2. The highest BCUT2D eigenvalue weighted by molar-refractivity contribution is 7.12. The smallest absolute Gasteiger partial charge is 0.306 e. The third-order valence-electron chi connectivity index (χ3n) is 2.42. The number of amides is 1. The van der Waals surface area contributed by atoms with Crippen LogP contribution in [-0.2, 0) is 14.3 Å². The number of thiophene rings is 1. The summed E-state index contributed by atoms with van der Waals surface area (Å²) in [5, 5.41) is 7.65. The monoisotopic (exact) mass is 308 g/mol. The first kappa shape index (κ1) is 14.9. The van der Waals surface area contributed by atoms with Gasteiger partial charge in [0.05, 0.1) is 11.3 Å². The van der Waals surface area contributed by atoms with E-state index in [1.807, 2.05) is 0 Å². The quantitative estimate of drug-likeness (QED) is 0.619. The van der Waals surface area contributed by atoms with Crippen LogP contribution in [0.25, 0.3) is 0 Å².